The number of anilines is 1. The normalized spacial score (nSPS) is 13.7. The summed E-state index contributed by atoms with van der Waals surface area (Å²) >= 11 is 0. The second kappa shape index (κ2) is 7.59. The number of nitrogens with one attached hydrogen (secondary N) is 1. The average molecular weight is 357 g/mol. The molecule has 7 heteroatoms. The minimum absolute atomic E-state index is 0.211. The zero-order valence-electron chi connectivity index (χ0n) is 14.9. The Morgan fingerprint density at radius 2 is 2.15 bits per heavy atom. The molecule has 0 unspecified atom stereocenters. The SMILES string of the molecule is CC(C)Cn1ncc(C(=O)Nc2cccc(OCC(=O)O)c2)c1C1CC1. The van der Waals surface area contributed by atoms with Crippen LogP contribution in [0.25, 0.3) is 0 Å². The van der Waals surface area contributed by atoms with Gasteiger partial charge in [-0.1, -0.05) is 19.9 Å². The van der Waals surface area contributed by atoms with E-state index in [1.54, 1.807) is 30.5 Å². The number of hydrogen-bond donors (Lipinski definition) is 2. The predicted octanol–water partition coefficient (Wildman–Crippen LogP) is 3.13. The van der Waals surface area contributed by atoms with Crippen LogP contribution >= 0.6 is 0 Å². The largest absolute Gasteiger partial charge is 0.482 e. The van der Waals surface area contributed by atoms with Gasteiger partial charge in [0.2, 0.25) is 0 Å². The van der Waals surface area contributed by atoms with E-state index in [0.29, 0.717) is 28.8 Å². The van der Waals surface area contributed by atoms with Crippen molar-refractivity contribution < 1.29 is 19.4 Å². The van der Waals surface area contributed by atoms with E-state index >= 15 is 0 Å². The van der Waals surface area contributed by atoms with Crippen molar-refractivity contribution in [3.05, 3.63) is 41.7 Å². The topological polar surface area (TPSA) is 93.5 Å². The molecule has 0 saturated heterocycles. The summed E-state index contributed by atoms with van der Waals surface area (Å²) in [6, 6.07) is 6.70. The molecule has 1 aromatic heterocycles. The molecule has 0 bridgehead atoms. The summed E-state index contributed by atoms with van der Waals surface area (Å²) in [6.07, 6.45) is 3.81. The highest BCUT2D eigenvalue weighted by Crippen LogP contribution is 2.42. The van der Waals surface area contributed by atoms with Crippen LogP contribution in [-0.4, -0.2) is 33.4 Å². The first-order valence-electron chi connectivity index (χ1n) is 8.75. The lowest BCUT2D eigenvalue weighted by atomic mass is 10.1. The van der Waals surface area contributed by atoms with Crippen molar-refractivity contribution in [2.24, 2.45) is 5.92 Å². The number of carboxylic acids is 1. The lowest BCUT2D eigenvalue weighted by Crippen LogP contribution is -2.16. The van der Waals surface area contributed by atoms with Crippen LogP contribution in [0.3, 0.4) is 0 Å². The number of aliphatic carboxylic acids is 1. The molecule has 2 N–H and O–H groups in total. The van der Waals surface area contributed by atoms with Crippen LogP contribution in [0.5, 0.6) is 5.75 Å². The number of rotatable bonds is 8. The van der Waals surface area contributed by atoms with E-state index in [0.717, 1.165) is 25.1 Å². The smallest absolute Gasteiger partial charge is 0.341 e. The maximum Gasteiger partial charge on any atom is 0.341 e. The summed E-state index contributed by atoms with van der Waals surface area (Å²) in [7, 11) is 0. The van der Waals surface area contributed by atoms with E-state index in [4.69, 9.17) is 9.84 Å². The minimum atomic E-state index is -1.05. The van der Waals surface area contributed by atoms with Crippen molar-refractivity contribution in [3.8, 4) is 5.75 Å². The van der Waals surface area contributed by atoms with Crippen LogP contribution < -0.4 is 10.1 Å². The molecule has 1 heterocycles. The van der Waals surface area contributed by atoms with E-state index in [9.17, 15) is 9.59 Å². The molecule has 138 valence electrons. The maximum atomic E-state index is 12.7. The third kappa shape index (κ3) is 4.41. The number of carbonyl (C=O) groups is 2. The van der Waals surface area contributed by atoms with Crippen molar-refractivity contribution in [1.82, 2.24) is 9.78 Å². The summed E-state index contributed by atoms with van der Waals surface area (Å²) in [6.45, 7) is 4.62. The van der Waals surface area contributed by atoms with Crippen molar-refractivity contribution in [2.75, 3.05) is 11.9 Å². The summed E-state index contributed by atoms with van der Waals surface area (Å²) in [4.78, 5) is 23.3. The average Bonchev–Trinajstić information content (AvgIpc) is 3.33. The van der Waals surface area contributed by atoms with E-state index in [-0.39, 0.29) is 5.91 Å². The molecular weight excluding hydrogens is 334 g/mol. The summed E-state index contributed by atoms with van der Waals surface area (Å²) in [5.74, 6) is -0.0138. The van der Waals surface area contributed by atoms with Gasteiger partial charge in [0.1, 0.15) is 5.75 Å². The van der Waals surface area contributed by atoms with Crippen LogP contribution in [0, 0.1) is 5.92 Å². The van der Waals surface area contributed by atoms with Crippen LogP contribution in [0.4, 0.5) is 5.69 Å². The Kier molecular flexibility index (Phi) is 5.25. The number of amides is 1. The highest BCUT2D eigenvalue weighted by Gasteiger charge is 2.32. The fourth-order valence-electron chi connectivity index (χ4n) is 2.86. The number of hydrogen-bond acceptors (Lipinski definition) is 4. The Labute approximate surface area is 152 Å². The zero-order chi connectivity index (χ0) is 18.7. The molecule has 0 spiro atoms. The Bertz CT molecular complexity index is 809. The fraction of sp³-hybridized carbons (Fsp3) is 0.421. The van der Waals surface area contributed by atoms with Crippen LogP contribution in [0.1, 0.15) is 48.7 Å². The highest BCUT2D eigenvalue weighted by molar-refractivity contribution is 6.05. The van der Waals surface area contributed by atoms with E-state index in [1.807, 2.05) is 4.68 Å². The van der Waals surface area contributed by atoms with Gasteiger partial charge < -0.3 is 15.2 Å². The van der Waals surface area contributed by atoms with E-state index in [2.05, 4.69) is 24.3 Å². The van der Waals surface area contributed by atoms with Gasteiger partial charge >= 0.3 is 5.97 Å². The summed E-state index contributed by atoms with van der Waals surface area (Å²) < 4.78 is 7.10. The molecule has 1 fully saturated rings. The fourth-order valence-corrected chi connectivity index (χ4v) is 2.86. The molecule has 2 aromatic rings. The lowest BCUT2D eigenvalue weighted by molar-refractivity contribution is -0.139. The molecule has 1 amide bonds. The molecule has 26 heavy (non-hydrogen) atoms. The number of carbonyl (C=O) groups excluding carboxylic acids is 1. The van der Waals surface area contributed by atoms with Crippen molar-refractivity contribution >= 4 is 17.6 Å². The Morgan fingerprint density at radius 3 is 2.81 bits per heavy atom. The number of nitrogens with zero attached hydrogens (tertiary/aromatic N) is 2. The van der Waals surface area contributed by atoms with E-state index < -0.39 is 12.6 Å². The monoisotopic (exact) mass is 357 g/mol. The first kappa shape index (κ1) is 18.0. The van der Waals surface area contributed by atoms with Crippen LogP contribution in [0.2, 0.25) is 0 Å². The highest BCUT2D eigenvalue weighted by atomic mass is 16.5. The summed E-state index contributed by atoms with van der Waals surface area (Å²) in [5.41, 5.74) is 2.16. The molecule has 0 radical (unpaired) electrons. The van der Waals surface area contributed by atoms with Gasteiger partial charge in [-0.2, -0.15) is 5.10 Å². The van der Waals surface area contributed by atoms with Gasteiger partial charge in [-0.05, 0) is 30.9 Å². The third-order valence-electron chi connectivity index (χ3n) is 4.08. The van der Waals surface area contributed by atoms with Crippen molar-refractivity contribution in [3.63, 3.8) is 0 Å². The molecule has 7 nitrogen and oxygen atoms in total. The standard InChI is InChI=1S/C19H23N3O4/c1-12(2)10-22-18(13-6-7-13)16(9-20-22)19(25)21-14-4-3-5-15(8-14)26-11-17(23)24/h3-5,8-9,12-13H,6-7,10-11H2,1-2H3,(H,21,25)(H,23,24). The molecule has 0 aliphatic heterocycles. The molecule has 3 rings (SSSR count). The van der Waals surface area contributed by atoms with Gasteiger partial charge in [-0.15, -0.1) is 0 Å². The molecule has 1 aromatic carbocycles. The number of ether oxygens (including phenoxy) is 1. The van der Waals surface area contributed by atoms with Gasteiger partial charge in [0.15, 0.2) is 6.61 Å². The number of benzene rings is 1. The number of carboxylic acid groups (broad SMARTS) is 1. The van der Waals surface area contributed by atoms with Gasteiger partial charge in [0.05, 0.1) is 17.5 Å². The Morgan fingerprint density at radius 1 is 1.38 bits per heavy atom. The second-order valence-corrected chi connectivity index (χ2v) is 6.96. The number of aromatic nitrogens is 2. The van der Waals surface area contributed by atoms with Gasteiger partial charge in [0.25, 0.3) is 5.91 Å². The minimum Gasteiger partial charge on any atom is -0.482 e. The molecule has 1 aliphatic carbocycles. The lowest BCUT2D eigenvalue weighted by Gasteiger charge is -2.11. The molecule has 1 aliphatic rings. The van der Waals surface area contributed by atoms with Crippen molar-refractivity contribution in [2.45, 2.75) is 39.2 Å². The summed E-state index contributed by atoms with van der Waals surface area (Å²) in [5, 5.41) is 16.0. The first-order valence-corrected chi connectivity index (χ1v) is 8.75. The van der Waals surface area contributed by atoms with Crippen LogP contribution in [-0.2, 0) is 11.3 Å². The maximum absolute atomic E-state index is 12.7. The quantitative estimate of drug-likeness (QED) is 0.757. The predicted molar refractivity (Wildman–Crippen MR) is 96.6 cm³/mol. The molecule has 0 atom stereocenters. The van der Waals surface area contributed by atoms with Gasteiger partial charge in [-0.25, -0.2) is 4.79 Å². The van der Waals surface area contributed by atoms with Gasteiger partial charge in [0, 0.05) is 24.2 Å². The Balaban J connectivity index is 1.75. The van der Waals surface area contributed by atoms with E-state index in [1.165, 1.54) is 0 Å². The first-order chi connectivity index (χ1) is 12.4. The second-order valence-electron chi connectivity index (χ2n) is 6.96. The molecule has 1 saturated carbocycles. The third-order valence-corrected chi connectivity index (χ3v) is 4.08. The zero-order valence-corrected chi connectivity index (χ0v) is 14.9. The molecular formula is C19H23N3O4. The van der Waals surface area contributed by atoms with Crippen LogP contribution in [0.15, 0.2) is 30.5 Å². The van der Waals surface area contributed by atoms with Gasteiger partial charge in [-0.3, -0.25) is 9.48 Å². The Hall–Kier alpha value is -2.83. The van der Waals surface area contributed by atoms with Crippen molar-refractivity contribution in [1.29, 1.82) is 0 Å².